The van der Waals surface area contributed by atoms with Crippen LogP contribution in [0.2, 0.25) is 0 Å². The standard InChI is InChI=1S/C28H30N2O2S2/c31-27-26(34-28(33)30(27)17-15-21-9-4-5-10-21)19-22-20-29(25-14-7-6-13-24(22)25)16-8-18-32-23-11-2-1-3-12-23/h1-3,6-7,11-14,19-21H,4-5,8-10,15-18H2/b26-19-. The summed E-state index contributed by atoms with van der Waals surface area (Å²) in [6, 6.07) is 18.3. The summed E-state index contributed by atoms with van der Waals surface area (Å²) in [6.45, 7) is 2.25. The Balaban J connectivity index is 1.27. The van der Waals surface area contributed by atoms with Crippen LogP contribution in [-0.2, 0) is 11.3 Å². The number of aromatic nitrogens is 1. The van der Waals surface area contributed by atoms with Crippen molar-refractivity contribution in [2.45, 2.75) is 45.1 Å². The van der Waals surface area contributed by atoms with Crippen molar-refractivity contribution in [2.24, 2.45) is 5.92 Å². The molecule has 1 amide bonds. The van der Waals surface area contributed by atoms with Gasteiger partial charge in [-0.3, -0.25) is 9.69 Å². The minimum atomic E-state index is 0.0566. The lowest BCUT2D eigenvalue weighted by Crippen LogP contribution is -2.30. The van der Waals surface area contributed by atoms with Crippen LogP contribution >= 0.6 is 24.0 Å². The quantitative estimate of drug-likeness (QED) is 0.186. The van der Waals surface area contributed by atoms with Gasteiger partial charge in [0, 0.05) is 35.8 Å². The third kappa shape index (κ3) is 5.23. The number of hydrogen-bond acceptors (Lipinski definition) is 4. The molecule has 1 aromatic heterocycles. The van der Waals surface area contributed by atoms with Crippen LogP contribution in [0.5, 0.6) is 5.75 Å². The molecule has 4 nitrogen and oxygen atoms in total. The highest BCUT2D eigenvalue weighted by atomic mass is 32.2. The number of benzene rings is 2. The van der Waals surface area contributed by atoms with Gasteiger partial charge in [0.1, 0.15) is 10.1 Å². The first-order valence-corrected chi connectivity index (χ1v) is 13.4. The molecule has 2 fully saturated rings. The van der Waals surface area contributed by atoms with E-state index in [1.54, 1.807) is 0 Å². The lowest BCUT2D eigenvalue weighted by Gasteiger charge is -2.17. The Morgan fingerprint density at radius 1 is 1.03 bits per heavy atom. The summed E-state index contributed by atoms with van der Waals surface area (Å²) in [5.41, 5.74) is 2.24. The molecule has 2 aromatic carbocycles. The summed E-state index contributed by atoms with van der Waals surface area (Å²) in [4.78, 5) is 15.7. The molecule has 0 N–H and O–H groups in total. The number of amides is 1. The molecule has 1 saturated carbocycles. The average Bonchev–Trinajstić information content (AvgIpc) is 3.56. The van der Waals surface area contributed by atoms with E-state index in [9.17, 15) is 4.79 Å². The van der Waals surface area contributed by atoms with Gasteiger partial charge in [-0.05, 0) is 43.0 Å². The fourth-order valence-electron chi connectivity index (χ4n) is 4.96. The lowest BCUT2D eigenvalue weighted by atomic mass is 10.0. The number of ether oxygens (including phenoxy) is 1. The molecule has 6 heteroatoms. The number of carbonyl (C=O) groups excluding carboxylic acids is 1. The molecule has 3 aromatic rings. The number of fused-ring (bicyclic) bond motifs is 1. The molecule has 2 aliphatic rings. The Hall–Kier alpha value is -2.57. The molecule has 0 spiro atoms. The molecule has 0 bridgehead atoms. The topological polar surface area (TPSA) is 34.5 Å². The van der Waals surface area contributed by atoms with Crippen molar-refractivity contribution in [3.63, 3.8) is 0 Å². The van der Waals surface area contributed by atoms with E-state index in [0.29, 0.717) is 10.9 Å². The minimum absolute atomic E-state index is 0.0566. The molecular formula is C28H30N2O2S2. The summed E-state index contributed by atoms with van der Waals surface area (Å²) in [5.74, 6) is 1.70. The summed E-state index contributed by atoms with van der Waals surface area (Å²) >= 11 is 7.01. The monoisotopic (exact) mass is 490 g/mol. The maximum atomic E-state index is 13.1. The van der Waals surface area contributed by atoms with E-state index < -0.39 is 0 Å². The number of para-hydroxylation sites is 2. The summed E-state index contributed by atoms with van der Waals surface area (Å²) in [5, 5.41) is 1.16. The van der Waals surface area contributed by atoms with Gasteiger partial charge in [-0.15, -0.1) is 0 Å². The van der Waals surface area contributed by atoms with E-state index in [-0.39, 0.29) is 5.91 Å². The van der Waals surface area contributed by atoms with Crippen molar-refractivity contribution in [3.8, 4) is 5.75 Å². The van der Waals surface area contributed by atoms with E-state index in [4.69, 9.17) is 17.0 Å². The van der Waals surface area contributed by atoms with Crippen molar-refractivity contribution in [2.75, 3.05) is 13.2 Å². The van der Waals surface area contributed by atoms with Crippen molar-refractivity contribution < 1.29 is 9.53 Å². The zero-order valence-electron chi connectivity index (χ0n) is 19.3. The van der Waals surface area contributed by atoms with E-state index in [1.807, 2.05) is 41.3 Å². The van der Waals surface area contributed by atoms with Crippen LogP contribution in [0, 0.1) is 5.92 Å². The van der Waals surface area contributed by atoms with E-state index in [1.165, 1.54) is 43.0 Å². The van der Waals surface area contributed by atoms with Crippen LogP contribution in [-0.4, -0.2) is 32.8 Å². The molecule has 1 aliphatic carbocycles. The largest absolute Gasteiger partial charge is 0.494 e. The molecule has 0 unspecified atom stereocenters. The Morgan fingerprint density at radius 3 is 2.62 bits per heavy atom. The average molecular weight is 491 g/mol. The summed E-state index contributed by atoms with van der Waals surface area (Å²) in [6.07, 6.45) is 11.4. The van der Waals surface area contributed by atoms with Crippen molar-refractivity contribution in [1.82, 2.24) is 9.47 Å². The second-order valence-corrected chi connectivity index (χ2v) is 10.8. The first-order chi connectivity index (χ1) is 16.7. The predicted molar refractivity (Wildman–Crippen MR) is 145 cm³/mol. The highest BCUT2D eigenvalue weighted by molar-refractivity contribution is 8.26. The molecule has 0 radical (unpaired) electrons. The molecule has 5 rings (SSSR count). The maximum absolute atomic E-state index is 13.1. The third-order valence-electron chi connectivity index (χ3n) is 6.77. The number of thioether (sulfide) groups is 1. The zero-order valence-corrected chi connectivity index (χ0v) is 21.0. The number of rotatable bonds is 9. The molecule has 2 heterocycles. The Labute approximate surface area is 211 Å². The van der Waals surface area contributed by atoms with E-state index >= 15 is 0 Å². The third-order valence-corrected chi connectivity index (χ3v) is 8.15. The predicted octanol–water partition coefficient (Wildman–Crippen LogP) is 6.89. The van der Waals surface area contributed by atoms with Gasteiger partial charge in [0.05, 0.1) is 11.5 Å². The number of hydrogen-bond donors (Lipinski definition) is 0. The molecule has 1 aliphatic heterocycles. The highest BCUT2D eigenvalue weighted by Gasteiger charge is 2.32. The van der Waals surface area contributed by atoms with Crippen LogP contribution in [0.3, 0.4) is 0 Å². The van der Waals surface area contributed by atoms with Crippen molar-refractivity contribution >= 4 is 51.2 Å². The first-order valence-electron chi connectivity index (χ1n) is 12.2. The molecule has 1 saturated heterocycles. The fourth-order valence-corrected chi connectivity index (χ4v) is 6.26. The van der Waals surface area contributed by atoms with E-state index in [0.717, 1.165) is 53.5 Å². The molecule has 34 heavy (non-hydrogen) atoms. The number of nitrogens with zero attached hydrogens (tertiary/aromatic N) is 2. The fraction of sp³-hybridized carbons (Fsp3) is 0.357. The Morgan fingerprint density at radius 2 is 1.79 bits per heavy atom. The lowest BCUT2D eigenvalue weighted by molar-refractivity contribution is -0.122. The Kier molecular flexibility index (Phi) is 7.36. The highest BCUT2D eigenvalue weighted by Crippen LogP contribution is 2.36. The van der Waals surface area contributed by atoms with Gasteiger partial charge < -0.3 is 9.30 Å². The Bertz CT molecular complexity index is 1200. The van der Waals surface area contributed by atoms with Gasteiger partial charge in [-0.2, -0.15) is 0 Å². The van der Waals surface area contributed by atoms with Crippen LogP contribution in [0.25, 0.3) is 17.0 Å². The molecular weight excluding hydrogens is 460 g/mol. The van der Waals surface area contributed by atoms with Crippen molar-refractivity contribution in [3.05, 3.63) is 71.3 Å². The van der Waals surface area contributed by atoms with Crippen molar-refractivity contribution in [1.29, 1.82) is 0 Å². The second kappa shape index (κ2) is 10.8. The van der Waals surface area contributed by atoms with Crippen LogP contribution < -0.4 is 4.74 Å². The minimum Gasteiger partial charge on any atom is -0.494 e. The normalized spacial score (nSPS) is 18.0. The van der Waals surface area contributed by atoms with Gasteiger partial charge in [-0.25, -0.2) is 0 Å². The number of carbonyl (C=O) groups is 1. The number of thiocarbonyl (C=S) groups is 1. The van der Waals surface area contributed by atoms with Gasteiger partial charge in [0.15, 0.2) is 0 Å². The summed E-state index contributed by atoms with van der Waals surface area (Å²) in [7, 11) is 0. The van der Waals surface area contributed by atoms with E-state index in [2.05, 4.69) is 35.0 Å². The molecule has 176 valence electrons. The zero-order chi connectivity index (χ0) is 23.3. The van der Waals surface area contributed by atoms with Crippen LogP contribution in [0.1, 0.15) is 44.1 Å². The number of aryl methyl sites for hydroxylation is 1. The SMILES string of the molecule is O=C1/C(=C/c2cn(CCCOc3ccccc3)c3ccccc23)SC(=S)N1CCC1CCCC1. The van der Waals surface area contributed by atoms with Gasteiger partial charge >= 0.3 is 0 Å². The van der Waals surface area contributed by atoms with Crippen LogP contribution in [0.15, 0.2) is 65.7 Å². The van der Waals surface area contributed by atoms with Gasteiger partial charge in [0.2, 0.25) is 0 Å². The second-order valence-electron chi connectivity index (χ2n) is 9.08. The maximum Gasteiger partial charge on any atom is 0.266 e. The first kappa shape index (κ1) is 23.2. The van der Waals surface area contributed by atoms with Crippen LogP contribution in [0.4, 0.5) is 0 Å². The summed E-state index contributed by atoms with van der Waals surface area (Å²) < 4.78 is 8.81. The molecule has 0 atom stereocenters. The smallest absolute Gasteiger partial charge is 0.266 e. The van der Waals surface area contributed by atoms with Gasteiger partial charge in [-0.1, -0.05) is 86.1 Å². The van der Waals surface area contributed by atoms with Gasteiger partial charge in [0.25, 0.3) is 5.91 Å².